The number of hydrogen-bond donors (Lipinski definition) is 2. The number of anilines is 2. The van der Waals surface area contributed by atoms with E-state index in [1.54, 1.807) is 13.3 Å². The molecule has 7 heteroatoms. The van der Waals surface area contributed by atoms with Gasteiger partial charge in [0.1, 0.15) is 11.4 Å². The van der Waals surface area contributed by atoms with E-state index in [0.717, 1.165) is 50.4 Å². The van der Waals surface area contributed by atoms with Crippen molar-refractivity contribution < 1.29 is 19.2 Å². The lowest BCUT2D eigenvalue weighted by Gasteiger charge is -2.13. The molecule has 1 fully saturated rings. The van der Waals surface area contributed by atoms with Gasteiger partial charge in [-0.15, -0.1) is 0 Å². The number of nitrogens with zero attached hydrogens (tertiary/aromatic N) is 2. The zero-order valence-corrected chi connectivity index (χ0v) is 21.6. The first-order valence-electron chi connectivity index (χ1n) is 12.8. The van der Waals surface area contributed by atoms with Gasteiger partial charge in [0.15, 0.2) is 5.76 Å². The highest BCUT2D eigenvalue weighted by atomic mass is 16.5. The number of nitrogens with one attached hydrogen (secondary N) is 1. The molecular formula is C32H27N3O4. The smallest absolute Gasteiger partial charge is 0.314 e. The van der Waals surface area contributed by atoms with E-state index in [9.17, 15) is 9.90 Å². The van der Waals surface area contributed by atoms with E-state index in [4.69, 9.17) is 9.26 Å². The summed E-state index contributed by atoms with van der Waals surface area (Å²) in [4.78, 5) is 16.1. The zero-order chi connectivity index (χ0) is 27.0. The fraction of sp³-hybridized carbons (Fsp3) is 0.156. The second-order valence-electron chi connectivity index (χ2n) is 9.78. The first-order chi connectivity index (χ1) is 19.0. The van der Waals surface area contributed by atoms with Crippen LogP contribution in [0.5, 0.6) is 5.88 Å². The highest BCUT2D eigenvalue weighted by Gasteiger charge is 2.51. The number of carbonyl (C=O) groups is 1. The molecule has 0 aliphatic heterocycles. The minimum Gasteiger partial charge on any atom is -0.481 e. The molecule has 2 aromatic heterocycles. The first kappa shape index (κ1) is 24.4. The van der Waals surface area contributed by atoms with E-state index in [2.05, 4.69) is 21.5 Å². The average molecular weight is 518 g/mol. The highest BCUT2D eigenvalue weighted by Crippen LogP contribution is 2.49. The van der Waals surface area contributed by atoms with Gasteiger partial charge in [0.25, 0.3) is 0 Å². The number of aromatic nitrogens is 2. The Bertz CT molecular complexity index is 1650. The van der Waals surface area contributed by atoms with Crippen molar-refractivity contribution in [3.8, 4) is 39.5 Å². The molecule has 2 heterocycles. The number of pyridine rings is 1. The van der Waals surface area contributed by atoms with E-state index in [1.165, 1.54) is 0 Å². The minimum atomic E-state index is -0.754. The maximum atomic E-state index is 11.8. The Labute approximate surface area is 226 Å². The van der Waals surface area contributed by atoms with E-state index in [1.807, 2.05) is 85.8 Å². The lowest BCUT2D eigenvalue weighted by atomic mass is 9.92. The molecule has 194 valence electrons. The number of hydrogen-bond acceptors (Lipinski definition) is 6. The fourth-order valence-electron chi connectivity index (χ4n) is 4.95. The molecule has 1 aliphatic rings. The fourth-order valence-corrected chi connectivity index (χ4v) is 4.95. The van der Waals surface area contributed by atoms with Gasteiger partial charge in [-0.1, -0.05) is 65.8 Å². The number of aryl methyl sites for hydroxylation is 1. The Kier molecular flexibility index (Phi) is 6.11. The molecule has 1 aliphatic carbocycles. The summed E-state index contributed by atoms with van der Waals surface area (Å²) in [5.41, 5.74) is 7.37. The van der Waals surface area contributed by atoms with Crippen molar-refractivity contribution in [2.75, 3.05) is 12.4 Å². The summed E-state index contributed by atoms with van der Waals surface area (Å²) in [6.07, 6.45) is 3.15. The Morgan fingerprint density at radius 2 is 1.67 bits per heavy atom. The van der Waals surface area contributed by atoms with Gasteiger partial charge < -0.3 is 19.7 Å². The van der Waals surface area contributed by atoms with Crippen LogP contribution in [0.15, 0.2) is 95.6 Å². The van der Waals surface area contributed by atoms with Gasteiger partial charge in [-0.25, -0.2) is 4.98 Å². The van der Waals surface area contributed by atoms with Gasteiger partial charge in [-0.05, 0) is 60.2 Å². The topological polar surface area (TPSA) is 97.5 Å². The molecule has 0 unspecified atom stereocenters. The summed E-state index contributed by atoms with van der Waals surface area (Å²) in [6.45, 7) is 1.91. The quantitative estimate of drug-likeness (QED) is 0.224. The SMILES string of the molecule is COc1ccc(-c2cccc(Nc3c(C)noc3-c3ccccc3-c3ccc(C4(C(=O)O)CC4)cc3)c2)cn1. The van der Waals surface area contributed by atoms with Crippen LogP contribution in [0.3, 0.4) is 0 Å². The maximum Gasteiger partial charge on any atom is 0.314 e. The summed E-state index contributed by atoms with van der Waals surface area (Å²) in [5, 5.41) is 17.4. The summed E-state index contributed by atoms with van der Waals surface area (Å²) in [7, 11) is 1.60. The van der Waals surface area contributed by atoms with Crippen LogP contribution in [0.4, 0.5) is 11.4 Å². The molecule has 0 saturated heterocycles. The number of methoxy groups -OCH3 is 1. The number of rotatable bonds is 8. The lowest BCUT2D eigenvalue weighted by molar-refractivity contribution is -0.140. The predicted octanol–water partition coefficient (Wildman–Crippen LogP) is 7.25. The number of carboxylic acid groups (broad SMARTS) is 1. The third kappa shape index (κ3) is 4.52. The number of aliphatic carboxylic acids is 1. The average Bonchev–Trinajstić information content (AvgIpc) is 3.72. The maximum absolute atomic E-state index is 11.8. The molecule has 0 amide bonds. The van der Waals surface area contributed by atoms with Crippen molar-refractivity contribution in [1.82, 2.24) is 10.1 Å². The van der Waals surface area contributed by atoms with Crippen molar-refractivity contribution in [3.05, 3.63) is 102 Å². The lowest BCUT2D eigenvalue weighted by Crippen LogP contribution is -2.19. The Hall–Kier alpha value is -4.91. The molecule has 0 bridgehead atoms. The van der Waals surface area contributed by atoms with Gasteiger partial charge in [-0.2, -0.15) is 0 Å². The third-order valence-corrected chi connectivity index (χ3v) is 7.35. The molecule has 1 saturated carbocycles. The van der Waals surface area contributed by atoms with Crippen LogP contribution in [-0.2, 0) is 10.2 Å². The number of benzene rings is 3. The molecule has 3 aromatic carbocycles. The molecule has 2 N–H and O–H groups in total. The second-order valence-corrected chi connectivity index (χ2v) is 9.78. The van der Waals surface area contributed by atoms with E-state index in [-0.39, 0.29) is 0 Å². The van der Waals surface area contributed by atoms with Crippen LogP contribution in [-0.4, -0.2) is 28.3 Å². The summed E-state index contributed by atoms with van der Waals surface area (Å²) in [6, 6.07) is 27.7. The van der Waals surface area contributed by atoms with Crippen LogP contribution >= 0.6 is 0 Å². The van der Waals surface area contributed by atoms with Crippen molar-refractivity contribution >= 4 is 17.3 Å². The van der Waals surface area contributed by atoms with Crippen molar-refractivity contribution in [2.24, 2.45) is 0 Å². The molecule has 6 rings (SSSR count). The predicted molar refractivity (Wildman–Crippen MR) is 150 cm³/mol. The molecule has 7 nitrogen and oxygen atoms in total. The molecule has 0 radical (unpaired) electrons. The second kappa shape index (κ2) is 9.76. The highest BCUT2D eigenvalue weighted by molar-refractivity contribution is 5.89. The largest absolute Gasteiger partial charge is 0.481 e. The van der Waals surface area contributed by atoms with Crippen molar-refractivity contribution in [2.45, 2.75) is 25.2 Å². The summed E-state index contributed by atoms with van der Waals surface area (Å²) >= 11 is 0. The molecule has 39 heavy (non-hydrogen) atoms. The molecule has 0 atom stereocenters. The Morgan fingerprint density at radius 3 is 2.33 bits per heavy atom. The Balaban J connectivity index is 1.32. The standard InChI is InChI=1S/C32H27N3O4/c1-20-29(34-25-7-5-6-22(18-25)23-12-15-28(38-2)33-19-23)30(39-35-20)27-9-4-3-8-26(27)21-10-13-24(14-11-21)32(16-17-32)31(36)37/h3-15,18-19,34H,16-17H2,1-2H3,(H,36,37). The van der Waals surface area contributed by atoms with Gasteiger partial charge in [0.05, 0.1) is 12.5 Å². The van der Waals surface area contributed by atoms with Crippen LogP contribution in [0.2, 0.25) is 0 Å². The molecule has 5 aromatic rings. The van der Waals surface area contributed by atoms with E-state index >= 15 is 0 Å². The van der Waals surface area contributed by atoms with Crippen molar-refractivity contribution in [3.63, 3.8) is 0 Å². The molecular weight excluding hydrogens is 490 g/mol. The van der Waals surface area contributed by atoms with Gasteiger partial charge in [-0.3, -0.25) is 4.79 Å². The van der Waals surface area contributed by atoms with Gasteiger partial charge in [0.2, 0.25) is 5.88 Å². The first-order valence-corrected chi connectivity index (χ1v) is 12.8. The van der Waals surface area contributed by atoms with Crippen molar-refractivity contribution in [1.29, 1.82) is 0 Å². The van der Waals surface area contributed by atoms with Crippen LogP contribution in [0, 0.1) is 6.92 Å². The number of ether oxygens (including phenoxy) is 1. The summed E-state index contributed by atoms with van der Waals surface area (Å²) < 4.78 is 11.0. The van der Waals surface area contributed by atoms with Crippen LogP contribution in [0.1, 0.15) is 24.1 Å². The zero-order valence-electron chi connectivity index (χ0n) is 21.6. The van der Waals surface area contributed by atoms with Crippen LogP contribution in [0.25, 0.3) is 33.6 Å². The summed E-state index contributed by atoms with van der Waals surface area (Å²) in [5.74, 6) is 0.448. The monoisotopic (exact) mass is 517 g/mol. The normalized spacial score (nSPS) is 13.6. The third-order valence-electron chi connectivity index (χ3n) is 7.35. The number of carboxylic acids is 1. The van der Waals surface area contributed by atoms with Gasteiger partial charge >= 0.3 is 5.97 Å². The van der Waals surface area contributed by atoms with Crippen LogP contribution < -0.4 is 10.1 Å². The van der Waals surface area contributed by atoms with E-state index < -0.39 is 11.4 Å². The molecule has 0 spiro atoms. The Morgan fingerprint density at radius 1 is 0.923 bits per heavy atom. The van der Waals surface area contributed by atoms with Gasteiger partial charge in [0, 0.05) is 29.1 Å². The minimum absolute atomic E-state index is 0.569. The van der Waals surface area contributed by atoms with E-state index in [0.29, 0.717) is 24.5 Å².